The molecule has 0 radical (unpaired) electrons. The molecule has 0 saturated carbocycles. The van der Waals surface area contributed by atoms with Gasteiger partial charge in [-0.1, -0.05) is 158 Å². The zero-order valence-electron chi connectivity index (χ0n) is 30.7. The van der Waals surface area contributed by atoms with Crippen molar-refractivity contribution < 1.29 is 29.9 Å². The first-order valence-electron chi connectivity index (χ1n) is 19.0. The van der Waals surface area contributed by atoms with Gasteiger partial charge in [0.2, 0.25) is 17.2 Å². The Morgan fingerprint density at radius 3 is 1.17 bits per heavy atom. The standard InChI is InChI=1S/C52H32O6/c53-47-46(48(54)50(56)51(57)49(47)55)45-35-22-10-8-20-33(35)43(34-21-9-11-23-36(34)45)38-25-12-26-39-44-37(24-13-27-40(44)58-52(38)39)42-31-18-6-4-16-29(31)41(28-14-2-1-3-15-28)30-17-5-7-19-32(30)42/h1-27,53-57H. The van der Waals surface area contributed by atoms with Crippen LogP contribution in [-0.4, -0.2) is 25.5 Å². The highest BCUT2D eigenvalue weighted by Crippen LogP contribution is 2.58. The number of rotatable bonds is 4. The minimum atomic E-state index is -1.01. The van der Waals surface area contributed by atoms with Crippen molar-refractivity contribution in [2.75, 3.05) is 0 Å². The fourth-order valence-corrected chi connectivity index (χ4v) is 9.20. The third-order valence-electron chi connectivity index (χ3n) is 11.6. The first-order valence-corrected chi connectivity index (χ1v) is 19.0. The highest BCUT2D eigenvalue weighted by Gasteiger charge is 2.29. The molecule has 11 rings (SSSR count). The van der Waals surface area contributed by atoms with E-state index < -0.39 is 28.7 Å². The maximum Gasteiger partial charge on any atom is 0.208 e. The van der Waals surface area contributed by atoms with Crippen LogP contribution in [0.5, 0.6) is 28.7 Å². The smallest absolute Gasteiger partial charge is 0.208 e. The van der Waals surface area contributed by atoms with Crippen molar-refractivity contribution in [1.82, 2.24) is 0 Å². The Balaban J connectivity index is 1.23. The van der Waals surface area contributed by atoms with E-state index in [0.29, 0.717) is 21.9 Å². The summed E-state index contributed by atoms with van der Waals surface area (Å²) in [7, 11) is 0. The van der Waals surface area contributed by atoms with E-state index >= 15 is 0 Å². The van der Waals surface area contributed by atoms with Crippen molar-refractivity contribution in [3.05, 3.63) is 164 Å². The first kappa shape index (κ1) is 33.4. The summed E-state index contributed by atoms with van der Waals surface area (Å²) in [5.74, 6) is -4.37. The summed E-state index contributed by atoms with van der Waals surface area (Å²) >= 11 is 0. The Morgan fingerprint density at radius 1 is 0.276 bits per heavy atom. The summed E-state index contributed by atoms with van der Waals surface area (Å²) in [5, 5.41) is 63.3. The van der Waals surface area contributed by atoms with Gasteiger partial charge >= 0.3 is 0 Å². The van der Waals surface area contributed by atoms with E-state index in [0.717, 1.165) is 65.7 Å². The van der Waals surface area contributed by atoms with Gasteiger partial charge in [-0.25, -0.2) is 0 Å². The van der Waals surface area contributed by atoms with Gasteiger partial charge in [-0.05, 0) is 71.4 Å². The Morgan fingerprint density at radius 2 is 0.655 bits per heavy atom. The van der Waals surface area contributed by atoms with Gasteiger partial charge in [-0.3, -0.25) is 0 Å². The summed E-state index contributed by atoms with van der Waals surface area (Å²) in [6.07, 6.45) is 0. The molecule has 0 aliphatic carbocycles. The molecule has 11 aromatic rings. The van der Waals surface area contributed by atoms with Crippen LogP contribution in [0.2, 0.25) is 0 Å². The van der Waals surface area contributed by atoms with Crippen LogP contribution >= 0.6 is 0 Å². The minimum Gasteiger partial charge on any atom is -0.504 e. The van der Waals surface area contributed by atoms with Crippen molar-refractivity contribution >= 4 is 65.0 Å². The maximum atomic E-state index is 11.2. The highest BCUT2D eigenvalue weighted by molar-refractivity contribution is 6.28. The molecular weight excluding hydrogens is 721 g/mol. The molecule has 0 aliphatic rings. The molecule has 0 saturated heterocycles. The number of para-hydroxylation sites is 1. The van der Waals surface area contributed by atoms with Crippen LogP contribution in [0.4, 0.5) is 0 Å². The van der Waals surface area contributed by atoms with Gasteiger partial charge in [0, 0.05) is 27.5 Å². The summed E-state index contributed by atoms with van der Waals surface area (Å²) < 4.78 is 6.94. The van der Waals surface area contributed by atoms with E-state index in [1.165, 1.54) is 16.3 Å². The molecule has 1 heterocycles. The van der Waals surface area contributed by atoms with Crippen molar-refractivity contribution in [2.24, 2.45) is 0 Å². The summed E-state index contributed by atoms with van der Waals surface area (Å²) in [6.45, 7) is 0. The molecule has 6 nitrogen and oxygen atoms in total. The van der Waals surface area contributed by atoms with Crippen LogP contribution < -0.4 is 0 Å². The summed E-state index contributed by atoms with van der Waals surface area (Å²) in [5.41, 5.74) is 7.89. The van der Waals surface area contributed by atoms with Crippen LogP contribution in [0.25, 0.3) is 110 Å². The van der Waals surface area contributed by atoms with E-state index in [-0.39, 0.29) is 5.56 Å². The summed E-state index contributed by atoms with van der Waals surface area (Å²) in [6, 6.07) is 55.4. The van der Waals surface area contributed by atoms with Crippen LogP contribution in [0.1, 0.15) is 0 Å². The quantitative estimate of drug-likeness (QED) is 0.0695. The average molecular weight is 753 g/mol. The fraction of sp³-hybridized carbons (Fsp3) is 0. The first-order chi connectivity index (χ1) is 28.4. The number of phenolic OH excluding ortho intramolecular Hbond substituents is 5. The van der Waals surface area contributed by atoms with Crippen molar-refractivity contribution in [1.29, 1.82) is 0 Å². The molecule has 6 heteroatoms. The molecule has 0 fully saturated rings. The molecule has 10 aromatic carbocycles. The average Bonchev–Trinajstić information content (AvgIpc) is 3.67. The SMILES string of the molecule is Oc1c(O)c(O)c(-c2c3ccccc3c(-c3cccc4c3oc3cccc(-c5c6ccccc6c(-c6ccccc6)c6ccccc56)c34)c3ccccc23)c(O)c1O. The maximum absolute atomic E-state index is 11.2. The lowest BCUT2D eigenvalue weighted by Crippen LogP contribution is -1.92. The minimum absolute atomic E-state index is 0.198. The van der Waals surface area contributed by atoms with Gasteiger partial charge in [0.25, 0.3) is 0 Å². The second-order valence-electron chi connectivity index (χ2n) is 14.6. The molecule has 0 atom stereocenters. The van der Waals surface area contributed by atoms with Crippen molar-refractivity contribution in [2.45, 2.75) is 0 Å². The normalized spacial score (nSPS) is 11.8. The second kappa shape index (κ2) is 12.5. The third-order valence-corrected chi connectivity index (χ3v) is 11.6. The monoisotopic (exact) mass is 752 g/mol. The van der Waals surface area contributed by atoms with Crippen LogP contribution in [0, 0.1) is 0 Å². The molecule has 58 heavy (non-hydrogen) atoms. The predicted molar refractivity (Wildman–Crippen MR) is 234 cm³/mol. The van der Waals surface area contributed by atoms with Crippen molar-refractivity contribution in [3.8, 4) is 73.3 Å². The van der Waals surface area contributed by atoms with E-state index in [4.69, 9.17) is 4.42 Å². The molecule has 0 aliphatic heterocycles. The zero-order chi connectivity index (χ0) is 39.2. The number of hydrogen-bond acceptors (Lipinski definition) is 6. The number of phenols is 5. The Kier molecular flexibility index (Phi) is 7.21. The predicted octanol–water partition coefficient (Wildman–Crippen LogP) is 13.4. The van der Waals surface area contributed by atoms with Gasteiger partial charge in [0.15, 0.2) is 11.5 Å². The van der Waals surface area contributed by atoms with Crippen LogP contribution in [0.15, 0.2) is 168 Å². The molecule has 276 valence electrons. The lowest BCUT2D eigenvalue weighted by molar-refractivity contribution is 0.330. The Bertz CT molecular complexity index is 3370. The Hall–Kier alpha value is -7.96. The number of benzene rings is 10. The van der Waals surface area contributed by atoms with Gasteiger partial charge in [0.1, 0.15) is 11.2 Å². The van der Waals surface area contributed by atoms with E-state index in [1.807, 2.05) is 72.8 Å². The largest absolute Gasteiger partial charge is 0.504 e. The molecule has 0 bridgehead atoms. The molecule has 0 amide bonds. The van der Waals surface area contributed by atoms with Crippen LogP contribution in [-0.2, 0) is 0 Å². The topological polar surface area (TPSA) is 114 Å². The lowest BCUT2D eigenvalue weighted by Gasteiger charge is -2.20. The molecule has 0 spiro atoms. The number of fused-ring (bicyclic) bond motifs is 7. The van der Waals surface area contributed by atoms with E-state index in [1.54, 1.807) is 0 Å². The highest BCUT2D eigenvalue weighted by atomic mass is 16.4. The fourth-order valence-electron chi connectivity index (χ4n) is 9.20. The van der Waals surface area contributed by atoms with Crippen molar-refractivity contribution in [3.63, 3.8) is 0 Å². The van der Waals surface area contributed by atoms with Crippen LogP contribution in [0.3, 0.4) is 0 Å². The summed E-state index contributed by atoms with van der Waals surface area (Å²) in [4.78, 5) is 0. The zero-order valence-corrected chi connectivity index (χ0v) is 30.7. The van der Waals surface area contributed by atoms with Gasteiger partial charge < -0.3 is 29.9 Å². The molecule has 5 N–H and O–H groups in total. The van der Waals surface area contributed by atoms with Gasteiger partial charge in [-0.15, -0.1) is 0 Å². The second-order valence-corrected chi connectivity index (χ2v) is 14.6. The molecule has 0 unspecified atom stereocenters. The van der Waals surface area contributed by atoms with Gasteiger partial charge in [0.05, 0.1) is 5.56 Å². The molecular formula is C52H32O6. The van der Waals surface area contributed by atoms with E-state index in [2.05, 4.69) is 91.0 Å². The lowest BCUT2D eigenvalue weighted by atomic mass is 9.84. The van der Waals surface area contributed by atoms with Gasteiger partial charge in [-0.2, -0.15) is 0 Å². The van der Waals surface area contributed by atoms with E-state index in [9.17, 15) is 25.5 Å². The number of furan rings is 1. The number of hydrogen-bond donors (Lipinski definition) is 5. The third kappa shape index (κ3) is 4.60. The molecule has 1 aromatic heterocycles. The Labute approximate surface area is 331 Å². The number of aromatic hydroxyl groups is 5.